The van der Waals surface area contributed by atoms with Gasteiger partial charge in [-0.2, -0.15) is 0 Å². The van der Waals surface area contributed by atoms with Crippen molar-refractivity contribution in [1.29, 1.82) is 0 Å². The molecule has 0 fully saturated rings. The molecule has 5 heteroatoms. The molecule has 3 rings (SSSR count). The van der Waals surface area contributed by atoms with E-state index in [1.165, 1.54) is 0 Å². The zero-order valence-corrected chi connectivity index (χ0v) is 14.1. The monoisotopic (exact) mass is 347 g/mol. The van der Waals surface area contributed by atoms with E-state index in [1.54, 1.807) is 0 Å². The number of fused-ring (bicyclic) bond motifs is 3. The molecule has 3 nitrogen and oxygen atoms in total. The summed E-state index contributed by atoms with van der Waals surface area (Å²) in [5.74, 6) is 1.87. The second-order valence-corrected chi connectivity index (χ2v) is 6.47. The maximum absolute atomic E-state index is 6.08. The van der Waals surface area contributed by atoms with Gasteiger partial charge in [-0.25, -0.2) is 0 Å². The Kier molecular flexibility index (Phi) is 3.74. The molecule has 2 aromatic heterocycles. The number of benzene rings is 1. The van der Waals surface area contributed by atoms with E-state index < -0.39 is 0 Å². The average Bonchev–Trinajstić information content (AvgIpc) is 2.78. The third-order valence-corrected chi connectivity index (χ3v) is 4.20. The Hall–Kier alpha value is -1.05. The van der Waals surface area contributed by atoms with Crippen LogP contribution in [0.3, 0.4) is 0 Å². The van der Waals surface area contributed by atoms with E-state index in [9.17, 15) is 0 Å². The van der Waals surface area contributed by atoms with Crippen LogP contribution in [-0.2, 0) is 12.4 Å². The summed E-state index contributed by atoms with van der Waals surface area (Å²) in [6.45, 7) is 5.32. The van der Waals surface area contributed by atoms with Crippen LogP contribution in [0.2, 0.25) is 0 Å². The second kappa shape index (κ2) is 5.38. The molecule has 3 aromatic rings. The summed E-state index contributed by atoms with van der Waals surface area (Å²) in [4.78, 5) is 9.31. The molecule has 0 spiro atoms. The summed E-state index contributed by atoms with van der Waals surface area (Å²) in [6.07, 6.45) is 0. The van der Waals surface area contributed by atoms with Gasteiger partial charge < -0.3 is 0 Å². The summed E-state index contributed by atoms with van der Waals surface area (Å²) in [5, 5.41) is 1.14. The minimum atomic E-state index is 0.419. The standard InChI is InChI=1S/C15H15AsClN3/c1-9(2)8-20-12(7-17)19-13-14(20)10-5-3-4-6-11(10)18-15(13)16/h3-6,9H,7-8H2,1-2H3. The van der Waals surface area contributed by atoms with Gasteiger partial charge in [-0.05, 0) is 0 Å². The Bertz CT molecular complexity index is 779. The Morgan fingerprint density at radius 2 is 2.00 bits per heavy atom. The summed E-state index contributed by atoms with van der Waals surface area (Å²) in [5.41, 5.74) is 3.09. The number of halogens is 1. The minimum absolute atomic E-state index is 0.419. The fraction of sp³-hybridized carbons (Fsp3) is 0.333. The van der Waals surface area contributed by atoms with Crippen molar-refractivity contribution >= 4 is 54.9 Å². The van der Waals surface area contributed by atoms with Crippen LogP contribution in [0.1, 0.15) is 19.7 Å². The van der Waals surface area contributed by atoms with Crippen LogP contribution in [0.15, 0.2) is 24.3 Å². The normalized spacial score (nSPS) is 11.8. The van der Waals surface area contributed by atoms with Crippen molar-refractivity contribution in [3.05, 3.63) is 30.1 Å². The number of nitrogens with zero attached hydrogens (tertiary/aromatic N) is 3. The molecule has 0 aliphatic heterocycles. The third-order valence-electron chi connectivity index (χ3n) is 3.31. The second-order valence-electron chi connectivity index (χ2n) is 5.32. The van der Waals surface area contributed by atoms with Crippen molar-refractivity contribution in [2.24, 2.45) is 5.92 Å². The first-order valence-corrected chi connectivity index (χ1v) is 8.12. The van der Waals surface area contributed by atoms with Gasteiger partial charge >= 0.3 is 132 Å². The fourth-order valence-electron chi connectivity index (χ4n) is 2.53. The van der Waals surface area contributed by atoms with Crippen LogP contribution in [-0.4, -0.2) is 31.4 Å². The molecule has 0 saturated heterocycles. The molecule has 0 aliphatic carbocycles. The van der Waals surface area contributed by atoms with E-state index in [4.69, 9.17) is 11.6 Å². The predicted molar refractivity (Wildman–Crippen MR) is 84.8 cm³/mol. The number of aromatic nitrogens is 3. The molecule has 102 valence electrons. The van der Waals surface area contributed by atoms with Gasteiger partial charge in [0, 0.05) is 0 Å². The van der Waals surface area contributed by atoms with Gasteiger partial charge in [0.1, 0.15) is 0 Å². The summed E-state index contributed by atoms with van der Waals surface area (Å²) < 4.78 is 3.15. The summed E-state index contributed by atoms with van der Waals surface area (Å²) in [6, 6.07) is 8.20. The molecular formula is C15H15AsClN3. The fourth-order valence-corrected chi connectivity index (χ4v) is 3.29. The first-order chi connectivity index (χ1) is 9.61. The maximum atomic E-state index is 6.08. The molecule has 0 saturated carbocycles. The first kappa shape index (κ1) is 13.9. The van der Waals surface area contributed by atoms with Crippen LogP contribution in [0.25, 0.3) is 21.9 Å². The van der Waals surface area contributed by atoms with Crippen LogP contribution in [0.4, 0.5) is 0 Å². The SMILES string of the molecule is CC(C)Cn1c(CCl)nc2c([As])nc3ccccc3c21. The van der Waals surface area contributed by atoms with Crippen LogP contribution in [0.5, 0.6) is 0 Å². The van der Waals surface area contributed by atoms with Gasteiger partial charge in [0.15, 0.2) is 0 Å². The van der Waals surface area contributed by atoms with Gasteiger partial charge in [0.05, 0.1) is 0 Å². The Labute approximate surface area is 131 Å². The first-order valence-electron chi connectivity index (χ1n) is 6.64. The van der Waals surface area contributed by atoms with Gasteiger partial charge in [0.25, 0.3) is 0 Å². The number of hydrogen-bond acceptors (Lipinski definition) is 2. The van der Waals surface area contributed by atoms with Gasteiger partial charge in [-0.15, -0.1) is 0 Å². The summed E-state index contributed by atoms with van der Waals surface area (Å²) in [7, 11) is 0. The zero-order chi connectivity index (χ0) is 14.3. The van der Waals surface area contributed by atoms with Crippen molar-refractivity contribution in [2.75, 3.05) is 0 Å². The number of hydrogen-bond donors (Lipinski definition) is 0. The van der Waals surface area contributed by atoms with Crippen LogP contribution >= 0.6 is 11.6 Å². The van der Waals surface area contributed by atoms with Gasteiger partial charge in [0.2, 0.25) is 0 Å². The Balaban J connectivity index is 2.44. The summed E-state index contributed by atoms with van der Waals surface area (Å²) >= 11 is 8.60. The van der Waals surface area contributed by atoms with E-state index in [0.717, 1.165) is 38.8 Å². The Morgan fingerprint density at radius 1 is 1.25 bits per heavy atom. The number of rotatable bonds is 3. The zero-order valence-electron chi connectivity index (χ0n) is 11.5. The quantitative estimate of drug-likeness (QED) is 0.539. The molecule has 0 aliphatic rings. The number of imidazole rings is 1. The molecule has 2 heterocycles. The molecule has 2 radical (unpaired) electrons. The molecule has 0 bridgehead atoms. The predicted octanol–water partition coefficient (Wildman–Crippen LogP) is 2.77. The van der Waals surface area contributed by atoms with Gasteiger partial charge in [-0.3, -0.25) is 0 Å². The van der Waals surface area contributed by atoms with Crippen molar-refractivity contribution < 1.29 is 0 Å². The van der Waals surface area contributed by atoms with E-state index in [2.05, 4.69) is 51.3 Å². The number of para-hydroxylation sites is 1. The van der Waals surface area contributed by atoms with Crippen molar-refractivity contribution in [2.45, 2.75) is 26.3 Å². The Morgan fingerprint density at radius 3 is 2.70 bits per heavy atom. The van der Waals surface area contributed by atoms with Crippen molar-refractivity contribution in [3.8, 4) is 0 Å². The van der Waals surface area contributed by atoms with E-state index in [1.807, 2.05) is 18.2 Å². The number of pyridine rings is 1. The van der Waals surface area contributed by atoms with E-state index in [-0.39, 0.29) is 0 Å². The van der Waals surface area contributed by atoms with E-state index in [0.29, 0.717) is 11.8 Å². The van der Waals surface area contributed by atoms with Crippen molar-refractivity contribution in [1.82, 2.24) is 14.5 Å². The third kappa shape index (κ3) is 2.23. The molecule has 0 unspecified atom stereocenters. The van der Waals surface area contributed by atoms with Crippen LogP contribution < -0.4 is 4.48 Å². The number of alkyl halides is 1. The van der Waals surface area contributed by atoms with Crippen LogP contribution in [0, 0.1) is 5.92 Å². The molecule has 0 N–H and O–H groups in total. The molecule has 20 heavy (non-hydrogen) atoms. The van der Waals surface area contributed by atoms with E-state index >= 15 is 0 Å². The molecule has 0 atom stereocenters. The van der Waals surface area contributed by atoms with Crippen molar-refractivity contribution in [3.63, 3.8) is 0 Å². The van der Waals surface area contributed by atoms with Gasteiger partial charge in [-0.1, -0.05) is 0 Å². The molecular weight excluding hydrogens is 333 g/mol. The topological polar surface area (TPSA) is 30.7 Å². The molecule has 1 aromatic carbocycles. The average molecular weight is 348 g/mol. The molecule has 0 amide bonds.